The molecule has 5 N–H and O–H groups in total. The molecule has 46 heavy (non-hydrogen) atoms. The van der Waals surface area contributed by atoms with Gasteiger partial charge in [0, 0.05) is 40.7 Å². The molecule has 2 aliphatic heterocycles. The summed E-state index contributed by atoms with van der Waals surface area (Å²) in [7, 11) is 0. The molecule has 4 heterocycles. The van der Waals surface area contributed by atoms with Gasteiger partial charge in [-0.15, -0.1) is 0 Å². The number of benzene rings is 1. The van der Waals surface area contributed by atoms with Gasteiger partial charge in [0.2, 0.25) is 5.91 Å². The summed E-state index contributed by atoms with van der Waals surface area (Å²) in [5.74, 6) is 0.338. The zero-order valence-corrected chi connectivity index (χ0v) is 27.4. The largest absolute Gasteiger partial charge is 0.444 e. The van der Waals surface area contributed by atoms with Gasteiger partial charge in [-0.2, -0.15) is 0 Å². The fraction of sp³-hybridized carbons (Fsp3) is 0.424. The van der Waals surface area contributed by atoms with Crippen molar-refractivity contribution in [3.63, 3.8) is 0 Å². The molecule has 0 bridgehead atoms. The lowest BCUT2D eigenvalue weighted by Crippen LogP contribution is -2.45. The number of carbonyl (C=O) groups excluding carboxylic acids is 4. The Kier molecular flexibility index (Phi) is 8.45. The fourth-order valence-electron chi connectivity index (χ4n) is 5.42. The highest BCUT2D eigenvalue weighted by atomic mass is 16.6. The summed E-state index contributed by atoms with van der Waals surface area (Å²) in [6.45, 7) is 15.4. The maximum absolute atomic E-state index is 13.3. The third-order valence-electron chi connectivity index (χ3n) is 7.75. The Hall–Kier alpha value is -5.07. The average Bonchev–Trinajstić information content (AvgIpc) is 3.72. The van der Waals surface area contributed by atoms with E-state index in [1.165, 1.54) is 4.90 Å². The molecule has 244 valence electrons. The Balaban J connectivity index is 1.28. The number of anilines is 4. The minimum absolute atomic E-state index is 0.250. The van der Waals surface area contributed by atoms with E-state index in [-0.39, 0.29) is 23.0 Å². The second kappa shape index (κ2) is 12.0. The van der Waals surface area contributed by atoms with Crippen molar-refractivity contribution in [2.75, 3.05) is 27.8 Å². The topological polar surface area (TPSA) is 171 Å². The highest BCUT2D eigenvalue weighted by molar-refractivity contribution is 6.35. The first-order valence-electron chi connectivity index (χ1n) is 15.2. The van der Waals surface area contributed by atoms with Crippen molar-refractivity contribution in [1.29, 1.82) is 0 Å². The number of aromatic nitrogens is 2. The van der Waals surface area contributed by atoms with Crippen molar-refractivity contribution in [1.82, 2.24) is 15.0 Å². The number of likely N-dealkylation sites (tertiary alicyclic amines) is 1. The van der Waals surface area contributed by atoms with Crippen molar-refractivity contribution in [3.05, 3.63) is 52.5 Å². The summed E-state index contributed by atoms with van der Waals surface area (Å²) in [6.07, 6.45) is 2.47. The number of fused-ring (bicyclic) bond motifs is 1. The van der Waals surface area contributed by atoms with Crippen LogP contribution in [0.4, 0.5) is 32.5 Å². The first-order chi connectivity index (χ1) is 21.5. The molecular formula is C33H41N7O6. The molecular weight excluding hydrogens is 590 g/mol. The van der Waals surface area contributed by atoms with Crippen LogP contribution in [-0.2, 0) is 19.7 Å². The van der Waals surface area contributed by atoms with Gasteiger partial charge in [-0.1, -0.05) is 32.0 Å². The zero-order chi connectivity index (χ0) is 33.6. The Bertz CT molecular complexity index is 1740. The molecule has 0 radical (unpaired) electrons. The zero-order valence-electron chi connectivity index (χ0n) is 27.4. The Morgan fingerprint density at radius 1 is 1.07 bits per heavy atom. The van der Waals surface area contributed by atoms with Crippen molar-refractivity contribution >= 4 is 58.5 Å². The van der Waals surface area contributed by atoms with Crippen molar-refractivity contribution < 1.29 is 28.4 Å². The van der Waals surface area contributed by atoms with Gasteiger partial charge in [0.1, 0.15) is 17.4 Å². The third-order valence-corrected chi connectivity index (χ3v) is 7.75. The van der Waals surface area contributed by atoms with E-state index < -0.39 is 23.8 Å². The van der Waals surface area contributed by atoms with Crippen LogP contribution in [-0.4, -0.2) is 57.2 Å². The lowest BCUT2D eigenvalue weighted by Gasteiger charge is -2.28. The standard InChI is InChI=1S/C33H41N7O6/c1-17-22(34-18(2)27(17)38-29(42)24-10-9-13-40(24)31(44)45-33(6,7)8)15-21-20-12-11-19(14-23(20)36-28(21)41)35-30(43)37-26-16-25(46-39-26)32(3,4)5/h11-12,14-16,24,34H,9-10,13H2,1-8H3,(H,36,41)(H,38,42)(H2,35,37,39,43)/b21-15-/t24-/m1/s1. The summed E-state index contributed by atoms with van der Waals surface area (Å²) < 4.78 is 10.8. The lowest BCUT2D eigenvalue weighted by molar-refractivity contribution is -0.120. The molecule has 3 aromatic rings. The minimum atomic E-state index is -0.663. The molecule has 0 spiro atoms. The van der Waals surface area contributed by atoms with Crippen LogP contribution < -0.4 is 21.3 Å². The highest BCUT2D eigenvalue weighted by Crippen LogP contribution is 2.37. The van der Waals surface area contributed by atoms with Gasteiger partial charge >= 0.3 is 12.1 Å². The number of hydrogen-bond acceptors (Lipinski definition) is 7. The molecule has 2 aromatic heterocycles. The number of aromatic amines is 1. The predicted octanol–water partition coefficient (Wildman–Crippen LogP) is 6.39. The summed E-state index contributed by atoms with van der Waals surface area (Å²) >= 11 is 0. The molecule has 1 atom stereocenters. The number of urea groups is 1. The summed E-state index contributed by atoms with van der Waals surface area (Å²) in [5, 5.41) is 15.1. The predicted molar refractivity (Wildman–Crippen MR) is 176 cm³/mol. The number of H-pyrrole nitrogens is 1. The smallest absolute Gasteiger partial charge is 0.410 e. The van der Waals surface area contributed by atoms with Crippen LogP contribution in [0.25, 0.3) is 11.6 Å². The van der Waals surface area contributed by atoms with Gasteiger partial charge in [0.05, 0.1) is 16.9 Å². The van der Waals surface area contributed by atoms with Gasteiger partial charge in [0.25, 0.3) is 5.91 Å². The first-order valence-corrected chi connectivity index (χ1v) is 15.2. The van der Waals surface area contributed by atoms with Crippen LogP contribution >= 0.6 is 0 Å². The third kappa shape index (κ3) is 6.93. The lowest BCUT2D eigenvalue weighted by atomic mass is 9.93. The Morgan fingerprint density at radius 2 is 1.80 bits per heavy atom. The van der Waals surface area contributed by atoms with E-state index in [0.29, 0.717) is 64.7 Å². The Morgan fingerprint density at radius 3 is 2.48 bits per heavy atom. The van der Waals surface area contributed by atoms with Crippen molar-refractivity contribution in [2.45, 2.75) is 85.3 Å². The highest BCUT2D eigenvalue weighted by Gasteiger charge is 2.37. The molecule has 13 heteroatoms. The molecule has 0 saturated carbocycles. The second-order valence-corrected chi connectivity index (χ2v) is 13.7. The van der Waals surface area contributed by atoms with Crippen molar-refractivity contribution in [3.8, 4) is 0 Å². The fourth-order valence-corrected chi connectivity index (χ4v) is 5.42. The summed E-state index contributed by atoms with van der Waals surface area (Å²) in [6, 6.07) is 5.66. The van der Waals surface area contributed by atoms with E-state index in [1.54, 1.807) is 51.1 Å². The van der Waals surface area contributed by atoms with E-state index >= 15 is 0 Å². The molecule has 5 rings (SSSR count). The molecule has 13 nitrogen and oxygen atoms in total. The number of carbonyl (C=O) groups is 4. The summed E-state index contributed by atoms with van der Waals surface area (Å²) in [4.78, 5) is 56.4. The van der Waals surface area contributed by atoms with E-state index in [1.807, 2.05) is 34.6 Å². The SMILES string of the molecule is Cc1[nH]c(/C=C2\C(=O)Nc3cc(NC(=O)Nc4cc(C(C)(C)C)on4)ccc32)c(C)c1NC(=O)[C@H]1CCCN1C(=O)OC(C)(C)C. The van der Waals surface area contributed by atoms with Gasteiger partial charge in [0.15, 0.2) is 5.82 Å². The summed E-state index contributed by atoms with van der Waals surface area (Å²) in [5.41, 5.74) is 3.92. The molecule has 1 saturated heterocycles. The average molecular weight is 632 g/mol. The van der Waals surface area contributed by atoms with Crippen molar-refractivity contribution in [2.24, 2.45) is 0 Å². The van der Waals surface area contributed by atoms with E-state index in [9.17, 15) is 19.2 Å². The first kappa shape index (κ1) is 32.3. The van der Waals surface area contributed by atoms with E-state index in [2.05, 4.69) is 31.4 Å². The minimum Gasteiger partial charge on any atom is -0.444 e. The number of ether oxygens (including phenoxy) is 1. The van der Waals surface area contributed by atoms with Crippen LogP contribution in [0.5, 0.6) is 0 Å². The number of aryl methyl sites for hydroxylation is 1. The maximum atomic E-state index is 13.3. The van der Waals surface area contributed by atoms with Crippen LogP contribution in [0.1, 0.15) is 82.7 Å². The number of amides is 5. The number of nitrogens with one attached hydrogen (secondary N) is 5. The monoisotopic (exact) mass is 631 g/mol. The molecule has 0 aliphatic carbocycles. The maximum Gasteiger partial charge on any atom is 0.410 e. The Labute approximate surface area is 267 Å². The molecule has 5 amide bonds. The number of rotatable bonds is 5. The molecule has 1 aromatic carbocycles. The normalized spacial score (nSPS) is 17.1. The molecule has 0 unspecified atom stereocenters. The van der Waals surface area contributed by atoms with E-state index in [0.717, 1.165) is 5.56 Å². The van der Waals surface area contributed by atoms with Gasteiger partial charge < -0.3 is 30.2 Å². The van der Waals surface area contributed by atoms with Crippen LogP contribution in [0, 0.1) is 13.8 Å². The molecule has 2 aliphatic rings. The van der Waals surface area contributed by atoms with Crippen LogP contribution in [0.15, 0.2) is 28.8 Å². The van der Waals surface area contributed by atoms with Gasteiger partial charge in [-0.25, -0.2) is 9.59 Å². The van der Waals surface area contributed by atoms with Crippen LogP contribution in [0.3, 0.4) is 0 Å². The van der Waals surface area contributed by atoms with Gasteiger partial charge in [-0.05, 0) is 71.2 Å². The van der Waals surface area contributed by atoms with Crippen LogP contribution in [0.2, 0.25) is 0 Å². The quantitative estimate of drug-likeness (QED) is 0.203. The molecule has 1 fully saturated rings. The second-order valence-electron chi connectivity index (χ2n) is 13.7. The van der Waals surface area contributed by atoms with E-state index in [4.69, 9.17) is 9.26 Å². The van der Waals surface area contributed by atoms with Gasteiger partial charge in [-0.3, -0.25) is 19.8 Å². The number of nitrogens with zero attached hydrogens (tertiary/aromatic N) is 2. The number of hydrogen-bond donors (Lipinski definition) is 5.